The van der Waals surface area contributed by atoms with Crippen LogP contribution in [0.25, 0.3) is 11.4 Å². The molecule has 2 rings (SSSR count). The number of hydrogen-bond acceptors (Lipinski definition) is 5. The van der Waals surface area contributed by atoms with Gasteiger partial charge in [0.05, 0.1) is 19.8 Å². The fraction of sp³-hybridized carbons (Fsp3) is 0.231. The first-order chi connectivity index (χ1) is 8.65. The minimum Gasteiger partial charge on any atom is -0.497 e. The van der Waals surface area contributed by atoms with Crippen molar-refractivity contribution in [3.05, 3.63) is 30.0 Å². The molecule has 0 aliphatic carbocycles. The van der Waals surface area contributed by atoms with E-state index in [4.69, 9.17) is 15.2 Å². The molecule has 94 valence electrons. The second-order valence-corrected chi connectivity index (χ2v) is 3.83. The van der Waals surface area contributed by atoms with Gasteiger partial charge in [0, 0.05) is 11.8 Å². The summed E-state index contributed by atoms with van der Waals surface area (Å²) >= 11 is 0. The van der Waals surface area contributed by atoms with Crippen molar-refractivity contribution in [3.8, 4) is 22.9 Å². The number of hydrogen-bond donors (Lipinski definition) is 1. The van der Waals surface area contributed by atoms with Crippen molar-refractivity contribution in [2.75, 3.05) is 20.0 Å². The summed E-state index contributed by atoms with van der Waals surface area (Å²) in [4.78, 5) is 8.52. The van der Waals surface area contributed by atoms with E-state index in [2.05, 4.69) is 9.97 Å². The smallest absolute Gasteiger partial charge is 0.165 e. The van der Waals surface area contributed by atoms with Crippen LogP contribution in [0.2, 0.25) is 0 Å². The Morgan fingerprint density at radius 3 is 2.56 bits per heavy atom. The highest BCUT2D eigenvalue weighted by atomic mass is 16.5. The number of rotatable bonds is 3. The zero-order chi connectivity index (χ0) is 13.1. The Bertz CT molecular complexity index is 570. The molecule has 1 aromatic carbocycles. The van der Waals surface area contributed by atoms with E-state index in [1.54, 1.807) is 20.4 Å². The van der Waals surface area contributed by atoms with Gasteiger partial charge in [-0.1, -0.05) is 0 Å². The number of benzene rings is 1. The Labute approximate surface area is 106 Å². The molecule has 0 radical (unpaired) electrons. The van der Waals surface area contributed by atoms with Crippen LogP contribution in [-0.4, -0.2) is 24.2 Å². The Morgan fingerprint density at radius 1 is 1.17 bits per heavy atom. The molecular formula is C13H15N3O2. The third-order valence-corrected chi connectivity index (χ3v) is 2.66. The Hall–Kier alpha value is -2.30. The van der Waals surface area contributed by atoms with Gasteiger partial charge in [0.2, 0.25) is 0 Å². The van der Waals surface area contributed by atoms with Crippen molar-refractivity contribution >= 4 is 5.82 Å². The maximum atomic E-state index is 5.80. The van der Waals surface area contributed by atoms with Crippen molar-refractivity contribution < 1.29 is 9.47 Å². The summed E-state index contributed by atoms with van der Waals surface area (Å²) < 4.78 is 10.5. The lowest BCUT2D eigenvalue weighted by Crippen LogP contribution is -2.00. The lowest BCUT2D eigenvalue weighted by atomic mass is 10.1. The van der Waals surface area contributed by atoms with Crippen LogP contribution in [0.3, 0.4) is 0 Å². The maximum absolute atomic E-state index is 5.80. The normalized spacial score (nSPS) is 10.2. The van der Waals surface area contributed by atoms with Gasteiger partial charge in [0.15, 0.2) is 5.82 Å². The number of aromatic nitrogens is 2. The average molecular weight is 245 g/mol. The molecule has 5 heteroatoms. The minimum atomic E-state index is 0.463. The van der Waals surface area contributed by atoms with Gasteiger partial charge < -0.3 is 15.2 Å². The number of ether oxygens (including phenoxy) is 2. The number of nitrogens with two attached hydrogens (primary N) is 1. The van der Waals surface area contributed by atoms with Gasteiger partial charge in [-0.2, -0.15) is 0 Å². The van der Waals surface area contributed by atoms with E-state index in [0.717, 1.165) is 11.1 Å². The summed E-state index contributed by atoms with van der Waals surface area (Å²) in [5.41, 5.74) is 7.40. The summed E-state index contributed by atoms with van der Waals surface area (Å²) in [5.74, 6) is 2.38. The number of methoxy groups -OCH3 is 2. The zero-order valence-electron chi connectivity index (χ0n) is 10.6. The first-order valence-corrected chi connectivity index (χ1v) is 5.47. The molecule has 0 fully saturated rings. The number of anilines is 1. The molecule has 0 aliphatic rings. The van der Waals surface area contributed by atoms with E-state index >= 15 is 0 Å². The van der Waals surface area contributed by atoms with Crippen LogP contribution in [0, 0.1) is 6.92 Å². The SMILES string of the molecule is COc1ccc(OC)c(-c2ncc(C)c(N)n2)c1. The molecule has 0 saturated carbocycles. The van der Waals surface area contributed by atoms with Crippen molar-refractivity contribution in [2.24, 2.45) is 0 Å². The summed E-state index contributed by atoms with van der Waals surface area (Å²) in [7, 11) is 3.21. The first-order valence-electron chi connectivity index (χ1n) is 5.47. The number of nitrogens with zero attached hydrogens (tertiary/aromatic N) is 2. The molecule has 1 heterocycles. The van der Waals surface area contributed by atoms with Crippen LogP contribution in [0.15, 0.2) is 24.4 Å². The Kier molecular flexibility index (Phi) is 3.32. The highest BCUT2D eigenvalue weighted by Crippen LogP contribution is 2.31. The molecule has 0 aliphatic heterocycles. The van der Waals surface area contributed by atoms with Crippen LogP contribution in [0.5, 0.6) is 11.5 Å². The van der Waals surface area contributed by atoms with E-state index in [1.807, 2.05) is 25.1 Å². The van der Waals surface area contributed by atoms with Crippen molar-refractivity contribution in [1.29, 1.82) is 0 Å². The predicted molar refractivity (Wildman–Crippen MR) is 69.7 cm³/mol. The molecule has 5 nitrogen and oxygen atoms in total. The minimum absolute atomic E-state index is 0.463. The number of aryl methyl sites for hydroxylation is 1. The second kappa shape index (κ2) is 4.91. The third-order valence-electron chi connectivity index (χ3n) is 2.66. The molecule has 2 aromatic rings. The molecule has 1 aromatic heterocycles. The van der Waals surface area contributed by atoms with Crippen molar-refractivity contribution in [1.82, 2.24) is 9.97 Å². The van der Waals surface area contributed by atoms with Crippen molar-refractivity contribution in [2.45, 2.75) is 6.92 Å². The van der Waals surface area contributed by atoms with Crippen LogP contribution in [-0.2, 0) is 0 Å². The van der Waals surface area contributed by atoms with E-state index in [0.29, 0.717) is 23.1 Å². The summed E-state index contributed by atoms with van der Waals surface area (Å²) in [6, 6.07) is 5.45. The van der Waals surface area contributed by atoms with Gasteiger partial charge in [0.25, 0.3) is 0 Å². The maximum Gasteiger partial charge on any atom is 0.165 e. The Morgan fingerprint density at radius 2 is 1.94 bits per heavy atom. The highest BCUT2D eigenvalue weighted by Gasteiger charge is 2.11. The number of nitrogen functional groups attached to an aromatic ring is 1. The average Bonchev–Trinajstić information content (AvgIpc) is 2.41. The largest absolute Gasteiger partial charge is 0.497 e. The predicted octanol–water partition coefficient (Wildman–Crippen LogP) is 2.05. The molecule has 0 bridgehead atoms. The van der Waals surface area contributed by atoms with Gasteiger partial charge >= 0.3 is 0 Å². The van der Waals surface area contributed by atoms with Gasteiger partial charge in [-0.15, -0.1) is 0 Å². The fourth-order valence-electron chi connectivity index (χ4n) is 1.57. The Balaban J connectivity index is 2.57. The van der Waals surface area contributed by atoms with Crippen LogP contribution in [0.1, 0.15) is 5.56 Å². The quantitative estimate of drug-likeness (QED) is 0.896. The summed E-state index contributed by atoms with van der Waals surface area (Å²) in [6.07, 6.45) is 1.69. The van der Waals surface area contributed by atoms with E-state index in [-0.39, 0.29) is 0 Å². The van der Waals surface area contributed by atoms with E-state index in [1.165, 1.54) is 0 Å². The van der Waals surface area contributed by atoms with Crippen LogP contribution >= 0.6 is 0 Å². The molecule has 18 heavy (non-hydrogen) atoms. The highest BCUT2D eigenvalue weighted by molar-refractivity contribution is 5.67. The van der Waals surface area contributed by atoms with Gasteiger partial charge in [-0.05, 0) is 25.1 Å². The lowest BCUT2D eigenvalue weighted by Gasteiger charge is -2.10. The summed E-state index contributed by atoms with van der Waals surface area (Å²) in [6.45, 7) is 1.86. The molecule has 0 saturated heterocycles. The molecule has 0 spiro atoms. The molecule has 0 amide bonds. The second-order valence-electron chi connectivity index (χ2n) is 3.83. The standard InChI is InChI=1S/C13H15N3O2/c1-8-7-15-13(16-12(8)14)10-6-9(17-2)4-5-11(10)18-3/h4-7H,1-3H3,(H2,14,15,16). The lowest BCUT2D eigenvalue weighted by molar-refractivity contribution is 0.404. The van der Waals surface area contributed by atoms with Crippen molar-refractivity contribution in [3.63, 3.8) is 0 Å². The molecule has 0 atom stereocenters. The first kappa shape index (κ1) is 12.2. The van der Waals surface area contributed by atoms with Crippen LogP contribution < -0.4 is 15.2 Å². The van der Waals surface area contributed by atoms with Gasteiger partial charge in [-0.25, -0.2) is 9.97 Å². The molecular weight excluding hydrogens is 230 g/mol. The fourth-order valence-corrected chi connectivity index (χ4v) is 1.57. The van der Waals surface area contributed by atoms with Gasteiger partial charge in [0.1, 0.15) is 17.3 Å². The van der Waals surface area contributed by atoms with E-state index in [9.17, 15) is 0 Å². The molecule has 2 N–H and O–H groups in total. The van der Waals surface area contributed by atoms with Crippen LogP contribution in [0.4, 0.5) is 5.82 Å². The van der Waals surface area contributed by atoms with E-state index < -0.39 is 0 Å². The molecule has 0 unspecified atom stereocenters. The summed E-state index contributed by atoms with van der Waals surface area (Å²) in [5, 5.41) is 0. The van der Waals surface area contributed by atoms with Gasteiger partial charge in [-0.3, -0.25) is 0 Å². The zero-order valence-corrected chi connectivity index (χ0v) is 10.6. The third kappa shape index (κ3) is 2.20. The topological polar surface area (TPSA) is 70.3 Å². The monoisotopic (exact) mass is 245 g/mol.